The number of hydrogen-bond acceptors (Lipinski definition) is 7. The maximum atomic E-state index is 13.3. The van der Waals surface area contributed by atoms with E-state index in [1.54, 1.807) is 24.3 Å². The molecule has 0 saturated heterocycles. The summed E-state index contributed by atoms with van der Waals surface area (Å²) in [7, 11) is 1.52. The maximum Gasteiger partial charge on any atom is 0.573 e. The number of aliphatic hydroxyl groups is 1. The topological polar surface area (TPSA) is 106 Å². The van der Waals surface area contributed by atoms with Gasteiger partial charge in [-0.1, -0.05) is 36.4 Å². The summed E-state index contributed by atoms with van der Waals surface area (Å²) in [6.45, 7) is -0.132. The summed E-state index contributed by atoms with van der Waals surface area (Å²) in [5.74, 6) is -1.10. The minimum absolute atomic E-state index is 0.000844. The molecular formula is C23H23F3N4O5. The van der Waals surface area contributed by atoms with Crippen molar-refractivity contribution in [1.82, 2.24) is 14.5 Å². The Morgan fingerprint density at radius 2 is 1.89 bits per heavy atom. The smallest absolute Gasteiger partial charge is 0.425 e. The molecule has 2 aromatic carbocycles. The van der Waals surface area contributed by atoms with E-state index in [0.29, 0.717) is 6.41 Å². The van der Waals surface area contributed by atoms with Crippen molar-refractivity contribution in [3.63, 3.8) is 0 Å². The van der Waals surface area contributed by atoms with Crippen molar-refractivity contribution < 1.29 is 37.3 Å². The Hall–Kier alpha value is -4.06. The highest BCUT2D eigenvalue weighted by Gasteiger charge is 2.31. The summed E-state index contributed by atoms with van der Waals surface area (Å²) >= 11 is 0. The van der Waals surface area contributed by atoms with Gasteiger partial charge in [0.2, 0.25) is 6.41 Å². The Labute approximate surface area is 198 Å². The Balaban J connectivity index is 2.05. The predicted molar refractivity (Wildman–Crippen MR) is 119 cm³/mol. The standard InChI is InChI=1S/C23H23F3N4O5/c1-27-20-19(21(33)29(15-32)11-6-12-31)30(14-16-7-3-2-4-8-16)22(28-20)34-17-9-5-10-18(13-17)35-23(24,25)26/h2-5,7-10,13,15,27,31H,6,11-12,14H2,1H3. The molecule has 3 aromatic rings. The summed E-state index contributed by atoms with van der Waals surface area (Å²) in [6, 6.07) is 13.8. The highest BCUT2D eigenvalue weighted by Crippen LogP contribution is 2.32. The third kappa shape index (κ3) is 6.73. The van der Waals surface area contributed by atoms with Crippen LogP contribution in [0.25, 0.3) is 0 Å². The van der Waals surface area contributed by atoms with Gasteiger partial charge in [-0.2, -0.15) is 4.98 Å². The first kappa shape index (κ1) is 25.6. The number of halogens is 3. The second kappa shape index (κ2) is 11.4. The number of amides is 2. The van der Waals surface area contributed by atoms with E-state index >= 15 is 0 Å². The number of carbonyl (C=O) groups excluding carboxylic acids is 2. The van der Waals surface area contributed by atoms with Crippen molar-refractivity contribution in [2.24, 2.45) is 0 Å². The van der Waals surface area contributed by atoms with Gasteiger partial charge in [-0.25, -0.2) is 0 Å². The minimum Gasteiger partial charge on any atom is -0.425 e. The first-order chi connectivity index (χ1) is 16.8. The zero-order chi connectivity index (χ0) is 25.4. The molecule has 12 heteroatoms. The van der Waals surface area contributed by atoms with Crippen LogP contribution in [0.1, 0.15) is 22.5 Å². The van der Waals surface area contributed by atoms with E-state index in [2.05, 4.69) is 15.0 Å². The van der Waals surface area contributed by atoms with Crippen LogP contribution in [0.2, 0.25) is 0 Å². The Bertz CT molecular complexity index is 1150. The van der Waals surface area contributed by atoms with Gasteiger partial charge in [-0.15, -0.1) is 13.2 Å². The molecule has 2 N–H and O–H groups in total. The number of anilines is 1. The largest absolute Gasteiger partial charge is 0.573 e. The fraction of sp³-hybridized carbons (Fsp3) is 0.261. The molecule has 0 fully saturated rings. The molecule has 2 amide bonds. The molecule has 186 valence electrons. The fourth-order valence-electron chi connectivity index (χ4n) is 3.23. The van der Waals surface area contributed by atoms with Crippen molar-refractivity contribution in [1.29, 1.82) is 0 Å². The minimum atomic E-state index is -4.88. The van der Waals surface area contributed by atoms with Crippen LogP contribution in [0.4, 0.5) is 19.0 Å². The number of aromatic nitrogens is 2. The molecule has 0 aliphatic rings. The van der Waals surface area contributed by atoms with E-state index in [0.717, 1.165) is 22.6 Å². The van der Waals surface area contributed by atoms with Crippen LogP contribution in [-0.2, 0) is 11.3 Å². The predicted octanol–water partition coefficient (Wildman–Crippen LogP) is 3.65. The van der Waals surface area contributed by atoms with Crippen LogP contribution in [0.15, 0.2) is 54.6 Å². The van der Waals surface area contributed by atoms with E-state index in [1.165, 1.54) is 23.7 Å². The number of benzene rings is 2. The molecule has 0 aliphatic carbocycles. The van der Waals surface area contributed by atoms with Crippen LogP contribution < -0.4 is 14.8 Å². The second-order valence-electron chi connectivity index (χ2n) is 7.22. The van der Waals surface area contributed by atoms with Crippen molar-refractivity contribution >= 4 is 18.1 Å². The molecule has 3 rings (SSSR count). The van der Waals surface area contributed by atoms with Gasteiger partial charge in [0.15, 0.2) is 11.5 Å². The molecule has 0 aliphatic heterocycles. The zero-order valence-corrected chi connectivity index (χ0v) is 18.7. The molecule has 1 aromatic heterocycles. The van der Waals surface area contributed by atoms with E-state index in [4.69, 9.17) is 9.84 Å². The van der Waals surface area contributed by atoms with Gasteiger partial charge in [0.25, 0.3) is 5.91 Å². The van der Waals surface area contributed by atoms with E-state index in [-0.39, 0.29) is 49.4 Å². The van der Waals surface area contributed by atoms with Crippen LogP contribution in [0.3, 0.4) is 0 Å². The molecule has 0 saturated carbocycles. The van der Waals surface area contributed by atoms with E-state index in [9.17, 15) is 22.8 Å². The third-order valence-corrected chi connectivity index (χ3v) is 4.75. The molecule has 0 spiro atoms. The number of rotatable bonds is 11. The average molecular weight is 492 g/mol. The maximum absolute atomic E-state index is 13.3. The molecule has 0 bridgehead atoms. The normalized spacial score (nSPS) is 11.1. The fourth-order valence-corrected chi connectivity index (χ4v) is 3.23. The summed E-state index contributed by atoms with van der Waals surface area (Å²) in [5, 5.41) is 11.9. The van der Waals surface area contributed by atoms with Gasteiger partial charge < -0.3 is 19.9 Å². The number of ether oxygens (including phenoxy) is 2. The Morgan fingerprint density at radius 3 is 2.51 bits per heavy atom. The summed E-state index contributed by atoms with van der Waals surface area (Å²) in [5.41, 5.74) is 0.771. The molecule has 35 heavy (non-hydrogen) atoms. The van der Waals surface area contributed by atoms with Gasteiger partial charge in [-0.05, 0) is 24.1 Å². The molecule has 0 radical (unpaired) electrons. The van der Waals surface area contributed by atoms with Gasteiger partial charge in [0.05, 0.1) is 6.54 Å². The summed E-state index contributed by atoms with van der Waals surface area (Å²) < 4.78 is 49.0. The molecule has 1 heterocycles. The average Bonchev–Trinajstić information content (AvgIpc) is 3.16. The van der Waals surface area contributed by atoms with Crippen molar-refractivity contribution in [3.05, 3.63) is 65.9 Å². The Kier molecular flexibility index (Phi) is 8.31. The number of alkyl halides is 3. The van der Waals surface area contributed by atoms with Gasteiger partial charge in [0.1, 0.15) is 11.5 Å². The number of imide groups is 1. The number of aliphatic hydroxyl groups excluding tert-OH is 1. The lowest BCUT2D eigenvalue weighted by molar-refractivity contribution is -0.274. The highest BCUT2D eigenvalue weighted by molar-refractivity contribution is 6.02. The first-order valence-corrected chi connectivity index (χ1v) is 10.5. The number of carbonyl (C=O) groups is 2. The van der Waals surface area contributed by atoms with Gasteiger partial charge >= 0.3 is 12.4 Å². The van der Waals surface area contributed by atoms with E-state index in [1.807, 2.05) is 6.07 Å². The summed E-state index contributed by atoms with van der Waals surface area (Å²) in [6.07, 6.45) is -4.34. The molecular weight excluding hydrogens is 469 g/mol. The first-order valence-electron chi connectivity index (χ1n) is 10.5. The van der Waals surface area contributed by atoms with Crippen LogP contribution in [-0.4, -0.2) is 58.4 Å². The highest BCUT2D eigenvalue weighted by atomic mass is 19.4. The van der Waals surface area contributed by atoms with E-state index < -0.39 is 18.0 Å². The van der Waals surface area contributed by atoms with Crippen LogP contribution in [0, 0.1) is 0 Å². The lowest BCUT2D eigenvalue weighted by atomic mass is 10.2. The Morgan fingerprint density at radius 1 is 1.17 bits per heavy atom. The molecule has 0 atom stereocenters. The second-order valence-corrected chi connectivity index (χ2v) is 7.22. The number of imidazole rings is 1. The monoisotopic (exact) mass is 492 g/mol. The van der Waals surface area contributed by atoms with Crippen molar-refractivity contribution in [3.8, 4) is 17.5 Å². The quantitative estimate of drug-likeness (QED) is 0.394. The molecule has 0 unspecified atom stereocenters. The van der Waals surface area contributed by atoms with Gasteiger partial charge in [-0.3, -0.25) is 19.1 Å². The lowest BCUT2D eigenvalue weighted by Gasteiger charge is -2.18. The lowest BCUT2D eigenvalue weighted by Crippen LogP contribution is -2.33. The number of nitrogens with one attached hydrogen (secondary N) is 1. The van der Waals surface area contributed by atoms with Crippen LogP contribution >= 0.6 is 0 Å². The van der Waals surface area contributed by atoms with Crippen molar-refractivity contribution in [2.45, 2.75) is 19.3 Å². The van der Waals surface area contributed by atoms with Gasteiger partial charge in [0, 0.05) is 26.3 Å². The van der Waals surface area contributed by atoms with Crippen molar-refractivity contribution in [2.75, 3.05) is 25.5 Å². The molecule has 9 nitrogen and oxygen atoms in total. The SMILES string of the molecule is CNc1nc(Oc2cccc(OC(F)(F)F)c2)n(Cc2ccccc2)c1C(=O)N(C=O)CCCO. The van der Waals surface area contributed by atoms with Crippen LogP contribution in [0.5, 0.6) is 17.5 Å². The summed E-state index contributed by atoms with van der Waals surface area (Å²) in [4.78, 5) is 30.0. The number of hydrogen-bond donors (Lipinski definition) is 2. The third-order valence-electron chi connectivity index (χ3n) is 4.75. The zero-order valence-electron chi connectivity index (χ0n) is 18.7. The number of nitrogens with zero attached hydrogens (tertiary/aromatic N) is 3.